The maximum Gasteiger partial charge on any atom is 0.266 e. The Morgan fingerprint density at radius 3 is 2.30 bits per heavy atom. The summed E-state index contributed by atoms with van der Waals surface area (Å²) in [6.45, 7) is 0. The predicted molar refractivity (Wildman–Crippen MR) is 83.6 cm³/mol. The average molecular weight is 397 g/mol. The van der Waals surface area contributed by atoms with E-state index in [9.17, 15) is 8.42 Å². The first-order chi connectivity index (χ1) is 9.29. The van der Waals surface area contributed by atoms with E-state index in [0.717, 1.165) is 4.47 Å². The third-order valence-corrected chi connectivity index (χ3v) is 5.00. The van der Waals surface area contributed by atoms with Gasteiger partial charge < -0.3 is 5.73 Å². The van der Waals surface area contributed by atoms with Crippen molar-refractivity contribution in [1.82, 2.24) is 4.98 Å². The summed E-state index contributed by atoms with van der Waals surface area (Å²) in [7, 11) is -3.95. The highest BCUT2D eigenvalue weighted by atomic mass is 79.9. The van der Waals surface area contributed by atoms with Crippen LogP contribution in [0.1, 0.15) is 0 Å². The van der Waals surface area contributed by atoms with Crippen LogP contribution in [0, 0.1) is 0 Å². The Kier molecular flexibility index (Phi) is 4.43. The maximum atomic E-state index is 12.3. The summed E-state index contributed by atoms with van der Waals surface area (Å²) in [6.07, 6.45) is 1.46. The molecule has 106 valence electrons. The van der Waals surface area contributed by atoms with Crippen molar-refractivity contribution in [2.45, 2.75) is 4.90 Å². The van der Waals surface area contributed by atoms with Gasteiger partial charge in [-0.3, -0.25) is 4.72 Å². The molecule has 0 saturated heterocycles. The van der Waals surface area contributed by atoms with Crippen LogP contribution >= 0.6 is 39.1 Å². The third kappa shape index (κ3) is 3.35. The number of nitrogen functional groups attached to an aromatic ring is 1. The fourth-order valence-electron chi connectivity index (χ4n) is 1.46. The fourth-order valence-corrected chi connectivity index (χ4v) is 3.94. The highest BCUT2D eigenvalue weighted by Gasteiger charge is 2.22. The number of anilines is 2. The van der Waals surface area contributed by atoms with Crippen molar-refractivity contribution in [2.24, 2.45) is 0 Å². The normalized spacial score (nSPS) is 11.3. The molecule has 1 aromatic carbocycles. The monoisotopic (exact) mass is 395 g/mol. The summed E-state index contributed by atoms with van der Waals surface area (Å²) in [5.74, 6) is 0.150. The van der Waals surface area contributed by atoms with E-state index < -0.39 is 10.0 Å². The molecule has 5 nitrogen and oxygen atoms in total. The molecule has 0 fully saturated rings. The van der Waals surface area contributed by atoms with Crippen LogP contribution < -0.4 is 10.5 Å². The fraction of sp³-hybridized carbons (Fsp3) is 0. The number of nitrogens with one attached hydrogen (secondary N) is 1. The van der Waals surface area contributed by atoms with Gasteiger partial charge in [0, 0.05) is 16.4 Å². The molecule has 9 heteroatoms. The molecule has 0 bridgehead atoms. The molecule has 0 aliphatic rings. The molecule has 0 unspecified atom stereocenters. The van der Waals surface area contributed by atoms with Gasteiger partial charge in [-0.05, 0) is 40.2 Å². The number of sulfonamides is 1. The summed E-state index contributed by atoms with van der Waals surface area (Å²) < 4.78 is 27.6. The van der Waals surface area contributed by atoms with Crippen LogP contribution in [-0.2, 0) is 10.0 Å². The molecule has 0 radical (unpaired) electrons. The van der Waals surface area contributed by atoms with Crippen LogP contribution in [0.4, 0.5) is 11.5 Å². The van der Waals surface area contributed by atoms with Crippen molar-refractivity contribution < 1.29 is 8.42 Å². The number of hydrogen-bond acceptors (Lipinski definition) is 4. The van der Waals surface area contributed by atoms with E-state index in [1.54, 1.807) is 6.07 Å². The SMILES string of the molecule is Nc1cc(Cl)c(S(=O)(=O)Nc2ccc(Br)cn2)c(Cl)c1. The van der Waals surface area contributed by atoms with Crippen molar-refractivity contribution in [3.8, 4) is 0 Å². The molecule has 2 aromatic rings. The van der Waals surface area contributed by atoms with Crippen LogP contribution in [-0.4, -0.2) is 13.4 Å². The Bertz CT molecular complexity index is 728. The third-order valence-electron chi connectivity index (χ3n) is 2.26. The van der Waals surface area contributed by atoms with Gasteiger partial charge in [0.15, 0.2) is 0 Å². The number of nitrogens with zero attached hydrogens (tertiary/aromatic N) is 1. The van der Waals surface area contributed by atoms with E-state index >= 15 is 0 Å². The topological polar surface area (TPSA) is 85.1 Å². The molecule has 1 aromatic heterocycles. The Hall–Kier alpha value is -1.02. The number of aromatic nitrogens is 1. The summed E-state index contributed by atoms with van der Waals surface area (Å²) in [4.78, 5) is 3.68. The number of hydrogen-bond donors (Lipinski definition) is 2. The largest absolute Gasteiger partial charge is 0.399 e. The van der Waals surface area contributed by atoms with Crippen LogP contribution in [0.3, 0.4) is 0 Å². The molecule has 2 rings (SSSR count). The smallest absolute Gasteiger partial charge is 0.266 e. The standard InChI is InChI=1S/C11H8BrCl2N3O2S/c12-6-1-2-10(16-5-6)17-20(18,19)11-8(13)3-7(15)4-9(11)14/h1-5H,15H2,(H,16,17). The predicted octanol–water partition coefficient (Wildman–Crippen LogP) is 3.53. The van der Waals surface area contributed by atoms with Gasteiger partial charge in [-0.25, -0.2) is 13.4 Å². The van der Waals surface area contributed by atoms with Gasteiger partial charge in [0.2, 0.25) is 0 Å². The molecular weight excluding hydrogens is 389 g/mol. The van der Waals surface area contributed by atoms with Gasteiger partial charge >= 0.3 is 0 Å². The lowest BCUT2D eigenvalue weighted by atomic mass is 10.3. The quantitative estimate of drug-likeness (QED) is 0.777. The molecular formula is C11H8BrCl2N3O2S. The lowest BCUT2D eigenvalue weighted by Crippen LogP contribution is -2.15. The molecule has 1 heterocycles. The maximum absolute atomic E-state index is 12.3. The minimum Gasteiger partial charge on any atom is -0.399 e. The van der Waals surface area contributed by atoms with Gasteiger partial charge in [0.1, 0.15) is 10.7 Å². The van der Waals surface area contributed by atoms with E-state index in [1.807, 2.05) is 0 Å². The molecule has 0 spiro atoms. The molecule has 0 amide bonds. The number of nitrogens with two attached hydrogens (primary N) is 1. The van der Waals surface area contributed by atoms with Gasteiger partial charge in [-0.2, -0.15) is 0 Å². The molecule has 3 N–H and O–H groups in total. The van der Waals surface area contributed by atoms with E-state index in [2.05, 4.69) is 25.6 Å². The summed E-state index contributed by atoms with van der Waals surface area (Å²) >= 11 is 15.0. The minimum atomic E-state index is -3.95. The number of pyridine rings is 1. The average Bonchev–Trinajstić information content (AvgIpc) is 2.30. The molecule has 20 heavy (non-hydrogen) atoms. The number of benzene rings is 1. The second-order valence-electron chi connectivity index (χ2n) is 3.78. The van der Waals surface area contributed by atoms with E-state index in [1.165, 1.54) is 24.4 Å². The second kappa shape index (κ2) is 5.77. The van der Waals surface area contributed by atoms with E-state index in [-0.39, 0.29) is 26.4 Å². The lowest BCUT2D eigenvalue weighted by Gasteiger charge is -2.11. The van der Waals surface area contributed by atoms with Crippen LogP contribution in [0.2, 0.25) is 10.0 Å². The highest BCUT2D eigenvalue weighted by molar-refractivity contribution is 9.10. The second-order valence-corrected chi connectivity index (χ2v) is 7.13. The Morgan fingerprint density at radius 1 is 1.20 bits per heavy atom. The number of halogens is 3. The van der Waals surface area contributed by atoms with Crippen LogP contribution in [0.25, 0.3) is 0 Å². The van der Waals surface area contributed by atoms with Crippen molar-refractivity contribution in [3.63, 3.8) is 0 Å². The van der Waals surface area contributed by atoms with Crippen molar-refractivity contribution in [2.75, 3.05) is 10.5 Å². The van der Waals surface area contributed by atoms with Gasteiger partial charge in [0.25, 0.3) is 10.0 Å². The van der Waals surface area contributed by atoms with E-state index in [4.69, 9.17) is 28.9 Å². The Labute approximate surface area is 134 Å². The van der Waals surface area contributed by atoms with Crippen LogP contribution in [0.5, 0.6) is 0 Å². The van der Waals surface area contributed by atoms with Gasteiger partial charge in [0.05, 0.1) is 10.0 Å². The zero-order chi connectivity index (χ0) is 14.9. The first-order valence-electron chi connectivity index (χ1n) is 5.18. The van der Waals surface area contributed by atoms with Gasteiger partial charge in [-0.1, -0.05) is 23.2 Å². The van der Waals surface area contributed by atoms with Crippen molar-refractivity contribution >= 4 is 60.7 Å². The van der Waals surface area contributed by atoms with Gasteiger partial charge in [-0.15, -0.1) is 0 Å². The number of rotatable bonds is 3. The van der Waals surface area contributed by atoms with E-state index in [0.29, 0.717) is 0 Å². The zero-order valence-corrected chi connectivity index (χ0v) is 13.7. The zero-order valence-electron chi connectivity index (χ0n) is 9.77. The van der Waals surface area contributed by atoms with Crippen molar-refractivity contribution in [1.29, 1.82) is 0 Å². The Morgan fingerprint density at radius 2 is 1.80 bits per heavy atom. The Balaban J connectivity index is 2.43. The molecule has 0 atom stereocenters. The minimum absolute atomic E-state index is 0.0559. The summed E-state index contributed by atoms with van der Waals surface area (Å²) in [6, 6.07) is 5.78. The first-order valence-corrected chi connectivity index (χ1v) is 8.22. The highest BCUT2D eigenvalue weighted by Crippen LogP contribution is 2.32. The molecule has 0 aliphatic heterocycles. The van der Waals surface area contributed by atoms with Crippen LogP contribution in [0.15, 0.2) is 39.8 Å². The first kappa shape index (κ1) is 15.4. The molecule has 0 aliphatic carbocycles. The lowest BCUT2D eigenvalue weighted by molar-refractivity contribution is 0.601. The summed E-state index contributed by atoms with van der Waals surface area (Å²) in [5, 5.41) is -0.112. The van der Waals surface area contributed by atoms with Crippen molar-refractivity contribution in [3.05, 3.63) is 45.0 Å². The summed E-state index contributed by atoms with van der Waals surface area (Å²) in [5.41, 5.74) is 5.82. The molecule has 0 saturated carbocycles.